The van der Waals surface area contributed by atoms with Crippen molar-refractivity contribution >= 4 is 11.6 Å². The molecule has 1 spiro atoms. The predicted molar refractivity (Wildman–Crippen MR) is 70.4 cm³/mol. The van der Waals surface area contributed by atoms with Gasteiger partial charge in [0.1, 0.15) is 0 Å². The molecule has 0 unspecified atom stereocenters. The summed E-state index contributed by atoms with van der Waals surface area (Å²) in [5.74, 6) is 0.999. The van der Waals surface area contributed by atoms with Gasteiger partial charge in [-0.25, -0.2) is 0 Å². The Morgan fingerprint density at radius 3 is 2.47 bits per heavy atom. The minimum Gasteiger partial charge on any atom is -0.344 e. The van der Waals surface area contributed by atoms with Crippen LogP contribution < -0.4 is 0 Å². The van der Waals surface area contributed by atoms with Gasteiger partial charge in [0.15, 0.2) is 5.79 Å². The Kier molecular flexibility index (Phi) is 4.73. The van der Waals surface area contributed by atoms with Crippen molar-refractivity contribution in [1.82, 2.24) is 0 Å². The van der Waals surface area contributed by atoms with Crippen LogP contribution in [0.5, 0.6) is 0 Å². The monoisotopic (exact) mass is 260 g/mol. The van der Waals surface area contributed by atoms with Crippen LogP contribution >= 0.6 is 11.6 Å². The molecule has 2 rings (SSSR count). The van der Waals surface area contributed by atoms with Crippen molar-refractivity contribution in [3.05, 3.63) is 0 Å². The van der Waals surface area contributed by atoms with Crippen molar-refractivity contribution in [3.8, 4) is 0 Å². The number of halogens is 1. The molecule has 3 heteroatoms. The second-order valence-electron chi connectivity index (χ2n) is 5.79. The fraction of sp³-hybridized carbons (Fsp3) is 1.00. The third-order valence-corrected chi connectivity index (χ3v) is 4.25. The van der Waals surface area contributed by atoms with E-state index < -0.39 is 0 Å². The average Bonchev–Trinajstić information content (AvgIpc) is 2.66. The van der Waals surface area contributed by atoms with Gasteiger partial charge in [0.05, 0.1) is 12.2 Å². The van der Waals surface area contributed by atoms with Crippen LogP contribution in [-0.4, -0.2) is 23.9 Å². The lowest BCUT2D eigenvalue weighted by atomic mass is 9.94. The van der Waals surface area contributed by atoms with E-state index in [-0.39, 0.29) is 18.0 Å². The highest BCUT2D eigenvalue weighted by Crippen LogP contribution is 2.43. The lowest BCUT2D eigenvalue weighted by Gasteiger charge is -2.32. The first-order valence-electron chi connectivity index (χ1n) is 7.08. The largest absolute Gasteiger partial charge is 0.344 e. The highest BCUT2D eigenvalue weighted by molar-refractivity contribution is 6.17. The van der Waals surface area contributed by atoms with E-state index in [0.717, 1.165) is 31.6 Å². The summed E-state index contributed by atoms with van der Waals surface area (Å²) in [4.78, 5) is 0. The molecule has 2 fully saturated rings. The van der Waals surface area contributed by atoms with Crippen molar-refractivity contribution in [2.24, 2.45) is 5.92 Å². The Labute approximate surface area is 110 Å². The van der Waals surface area contributed by atoms with Crippen LogP contribution in [0.1, 0.15) is 58.8 Å². The quantitative estimate of drug-likeness (QED) is 0.709. The molecule has 2 atom stereocenters. The van der Waals surface area contributed by atoms with Crippen LogP contribution in [-0.2, 0) is 9.47 Å². The van der Waals surface area contributed by atoms with Gasteiger partial charge in [0, 0.05) is 18.7 Å². The number of rotatable bonds is 4. The molecule has 1 saturated carbocycles. The van der Waals surface area contributed by atoms with Crippen LogP contribution in [0.3, 0.4) is 0 Å². The van der Waals surface area contributed by atoms with Crippen molar-refractivity contribution in [1.29, 1.82) is 0 Å². The van der Waals surface area contributed by atoms with E-state index in [0.29, 0.717) is 5.92 Å². The number of hydrogen-bond donors (Lipinski definition) is 0. The molecule has 1 saturated heterocycles. The van der Waals surface area contributed by atoms with Gasteiger partial charge in [0.25, 0.3) is 0 Å². The molecule has 0 N–H and O–H groups in total. The minimum atomic E-state index is -0.246. The van der Waals surface area contributed by atoms with Crippen molar-refractivity contribution in [2.45, 2.75) is 76.8 Å². The van der Waals surface area contributed by atoms with Gasteiger partial charge in [-0.15, -0.1) is 11.6 Å². The van der Waals surface area contributed by atoms with E-state index in [9.17, 15) is 0 Å². The molecule has 100 valence electrons. The molecule has 2 aliphatic rings. The summed E-state index contributed by atoms with van der Waals surface area (Å²) < 4.78 is 12.6. The summed E-state index contributed by atoms with van der Waals surface area (Å²) in [5.41, 5.74) is 0. The lowest BCUT2D eigenvalue weighted by molar-refractivity contribution is -0.196. The molecule has 0 bridgehead atoms. The lowest BCUT2D eigenvalue weighted by Crippen LogP contribution is -2.34. The molecule has 17 heavy (non-hydrogen) atoms. The van der Waals surface area contributed by atoms with Crippen LogP contribution in [0.25, 0.3) is 0 Å². The third kappa shape index (κ3) is 3.15. The fourth-order valence-corrected chi connectivity index (χ4v) is 3.24. The molecule has 0 aromatic carbocycles. The number of ether oxygens (including phenoxy) is 2. The zero-order chi connectivity index (χ0) is 12.3. The molecular formula is C14H25ClO2. The number of alkyl halides is 1. The van der Waals surface area contributed by atoms with Gasteiger partial charge in [-0.3, -0.25) is 0 Å². The Balaban J connectivity index is 1.99. The third-order valence-electron chi connectivity index (χ3n) is 3.98. The SMILES string of the molecule is CC(C)[C@H]1OC2(CCCCC2)O[C@@H]1CCCCl. The summed E-state index contributed by atoms with van der Waals surface area (Å²) in [7, 11) is 0. The Morgan fingerprint density at radius 1 is 1.18 bits per heavy atom. The Hall–Kier alpha value is 0.210. The molecule has 0 amide bonds. The van der Waals surface area contributed by atoms with Gasteiger partial charge in [-0.05, 0) is 31.6 Å². The van der Waals surface area contributed by atoms with E-state index in [1.54, 1.807) is 0 Å². The van der Waals surface area contributed by atoms with E-state index >= 15 is 0 Å². The van der Waals surface area contributed by atoms with Crippen LogP contribution in [0.2, 0.25) is 0 Å². The molecular weight excluding hydrogens is 236 g/mol. The Bertz CT molecular complexity index is 236. The summed E-state index contributed by atoms with van der Waals surface area (Å²) in [6.07, 6.45) is 8.54. The highest BCUT2D eigenvalue weighted by atomic mass is 35.5. The van der Waals surface area contributed by atoms with Crippen LogP contribution in [0.15, 0.2) is 0 Å². The maximum absolute atomic E-state index is 6.30. The normalized spacial score (nSPS) is 32.5. The van der Waals surface area contributed by atoms with Gasteiger partial charge in [-0.2, -0.15) is 0 Å². The van der Waals surface area contributed by atoms with Crippen molar-refractivity contribution in [2.75, 3.05) is 5.88 Å². The molecule has 0 radical (unpaired) electrons. The van der Waals surface area contributed by atoms with Gasteiger partial charge < -0.3 is 9.47 Å². The van der Waals surface area contributed by atoms with Crippen LogP contribution in [0, 0.1) is 5.92 Å². The number of hydrogen-bond acceptors (Lipinski definition) is 2. The molecule has 1 aliphatic heterocycles. The molecule has 0 aromatic rings. The summed E-state index contributed by atoms with van der Waals surface area (Å²) in [6.45, 7) is 4.45. The van der Waals surface area contributed by atoms with Crippen molar-refractivity contribution in [3.63, 3.8) is 0 Å². The zero-order valence-corrected chi connectivity index (χ0v) is 11.8. The first kappa shape index (κ1) is 13.6. The molecule has 1 aliphatic carbocycles. The van der Waals surface area contributed by atoms with E-state index in [1.165, 1.54) is 19.3 Å². The second kappa shape index (κ2) is 5.90. The summed E-state index contributed by atoms with van der Waals surface area (Å²) in [5, 5.41) is 0. The van der Waals surface area contributed by atoms with E-state index in [1.807, 2.05) is 0 Å². The molecule has 2 nitrogen and oxygen atoms in total. The topological polar surface area (TPSA) is 18.5 Å². The van der Waals surface area contributed by atoms with Crippen molar-refractivity contribution < 1.29 is 9.47 Å². The summed E-state index contributed by atoms with van der Waals surface area (Å²) >= 11 is 5.79. The molecule has 1 heterocycles. The smallest absolute Gasteiger partial charge is 0.169 e. The highest BCUT2D eigenvalue weighted by Gasteiger charge is 2.48. The predicted octanol–water partition coefficient (Wildman–Crippen LogP) is 4.11. The zero-order valence-electron chi connectivity index (χ0n) is 11.1. The first-order chi connectivity index (χ1) is 8.17. The maximum Gasteiger partial charge on any atom is 0.169 e. The van der Waals surface area contributed by atoms with Crippen LogP contribution in [0.4, 0.5) is 0 Å². The summed E-state index contributed by atoms with van der Waals surface area (Å²) in [6, 6.07) is 0. The fourth-order valence-electron chi connectivity index (χ4n) is 3.09. The van der Waals surface area contributed by atoms with Gasteiger partial charge >= 0.3 is 0 Å². The molecule has 0 aromatic heterocycles. The van der Waals surface area contributed by atoms with E-state index in [4.69, 9.17) is 21.1 Å². The Morgan fingerprint density at radius 2 is 1.88 bits per heavy atom. The van der Waals surface area contributed by atoms with E-state index in [2.05, 4.69) is 13.8 Å². The minimum absolute atomic E-state index is 0.246. The maximum atomic E-state index is 6.30. The van der Waals surface area contributed by atoms with Gasteiger partial charge in [-0.1, -0.05) is 20.3 Å². The second-order valence-corrected chi connectivity index (χ2v) is 6.16. The standard InChI is InChI=1S/C14H25ClO2/c1-11(2)13-12(7-6-10-15)16-14(17-13)8-4-3-5-9-14/h11-13H,3-10H2,1-2H3/t12-,13-/m1/s1. The average molecular weight is 261 g/mol. The first-order valence-corrected chi connectivity index (χ1v) is 7.62. The van der Waals surface area contributed by atoms with Gasteiger partial charge in [0.2, 0.25) is 0 Å².